The summed E-state index contributed by atoms with van der Waals surface area (Å²) >= 11 is 0. The van der Waals surface area contributed by atoms with Gasteiger partial charge in [-0.2, -0.15) is 4.31 Å². The van der Waals surface area contributed by atoms with Crippen molar-refractivity contribution in [3.8, 4) is 11.1 Å². The number of aromatic nitrogens is 4. The molecule has 1 unspecified atom stereocenters. The summed E-state index contributed by atoms with van der Waals surface area (Å²) < 4.78 is 41.6. The van der Waals surface area contributed by atoms with Crippen molar-refractivity contribution in [1.29, 1.82) is 0 Å². The molecule has 1 aliphatic heterocycles. The summed E-state index contributed by atoms with van der Waals surface area (Å²) in [5, 5.41) is 10.4. The highest BCUT2D eigenvalue weighted by atomic mass is 32.2. The summed E-state index contributed by atoms with van der Waals surface area (Å²) in [6, 6.07) is 7.18. The minimum Gasteiger partial charge on any atom is -0.338 e. The van der Waals surface area contributed by atoms with Gasteiger partial charge in [0.25, 0.3) is 0 Å². The first kappa shape index (κ1) is 26.5. The Morgan fingerprint density at radius 1 is 1.03 bits per heavy atom. The number of aryl methyl sites for hydroxylation is 1. The van der Waals surface area contributed by atoms with Crippen molar-refractivity contribution < 1.29 is 22.8 Å². The van der Waals surface area contributed by atoms with Gasteiger partial charge in [0.05, 0.1) is 11.8 Å². The Morgan fingerprint density at radius 3 is 2.35 bits per heavy atom. The molecule has 1 aromatic carbocycles. The van der Waals surface area contributed by atoms with Crippen LogP contribution in [0.4, 0.5) is 10.3 Å². The van der Waals surface area contributed by atoms with Gasteiger partial charge < -0.3 is 4.90 Å². The molecule has 4 rings (SSSR count). The SMILES string of the molecule is O=CN(O)C(CCCc1ncccn1)CS(=O)(=O)N1CCN(c2ncc(-c3ccccc3F)cn2)CC1. The van der Waals surface area contributed by atoms with Crippen LogP contribution in [0.3, 0.4) is 0 Å². The number of carbonyl (C=O) groups excluding carboxylic acids is 1. The highest BCUT2D eigenvalue weighted by Gasteiger charge is 2.32. The zero-order chi connectivity index (χ0) is 26.3. The van der Waals surface area contributed by atoms with Crippen molar-refractivity contribution in [2.24, 2.45) is 0 Å². The summed E-state index contributed by atoms with van der Waals surface area (Å²) in [5.41, 5.74) is 0.959. The topological polar surface area (TPSA) is 133 Å². The smallest absolute Gasteiger partial charge is 0.233 e. The molecule has 2 aromatic heterocycles. The number of hydroxylamine groups is 2. The maximum Gasteiger partial charge on any atom is 0.233 e. The lowest BCUT2D eigenvalue weighted by Crippen LogP contribution is -2.51. The van der Waals surface area contributed by atoms with Crippen LogP contribution in [0.15, 0.2) is 55.1 Å². The molecule has 13 heteroatoms. The van der Waals surface area contributed by atoms with E-state index < -0.39 is 21.8 Å². The number of hydrogen-bond donors (Lipinski definition) is 1. The van der Waals surface area contributed by atoms with Crippen LogP contribution in [-0.2, 0) is 21.2 Å². The van der Waals surface area contributed by atoms with Gasteiger partial charge in [-0.15, -0.1) is 0 Å². The number of carbonyl (C=O) groups is 1. The fourth-order valence-electron chi connectivity index (χ4n) is 4.17. The van der Waals surface area contributed by atoms with Crippen LogP contribution in [0.1, 0.15) is 18.7 Å². The number of piperazine rings is 1. The second kappa shape index (κ2) is 12.1. The number of anilines is 1. The number of benzene rings is 1. The summed E-state index contributed by atoms with van der Waals surface area (Å²) in [4.78, 5) is 30.0. The number of halogens is 1. The molecule has 1 atom stereocenters. The Balaban J connectivity index is 1.33. The first-order valence-electron chi connectivity index (χ1n) is 11.9. The standard InChI is InChI=1S/C24H28FN7O4S/c25-22-7-2-1-6-21(22)19-15-28-24(29-16-19)30-11-13-31(14-12-30)37(35,36)17-20(32(34)18-33)5-3-8-23-26-9-4-10-27-23/h1-2,4,6-7,9-10,15-16,18,20,34H,3,5,8,11-14,17H2. The van der Waals surface area contributed by atoms with E-state index in [1.54, 1.807) is 49.1 Å². The Labute approximate surface area is 214 Å². The first-order chi connectivity index (χ1) is 17.9. The molecule has 1 fully saturated rings. The van der Waals surface area contributed by atoms with Crippen LogP contribution < -0.4 is 4.90 Å². The largest absolute Gasteiger partial charge is 0.338 e. The van der Waals surface area contributed by atoms with Crippen LogP contribution >= 0.6 is 0 Å². The van der Waals surface area contributed by atoms with Crippen LogP contribution in [0.2, 0.25) is 0 Å². The maximum absolute atomic E-state index is 14.0. The lowest BCUT2D eigenvalue weighted by atomic mass is 10.1. The lowest BCUT2D eigenvalue weighted by molar-refractivity contribution is -0.158. The number of nitrogens with zero attached hydrogens (tertiary/aromatic N) is 7. The second-order valence-electron chi connectivity index (χ2n) is 8.61. The molecule has 0 saturated carbocycles. The predicted octanol–water partition coefficient (Wildman–Crippen LogP) is 1.76. The molecular weight excluding hydrogens is 501 g/mol. The zero-order valence-electron chi connectivity index (χ0n) is 20.1. The minimum atomic E-state index is -3.75. The van der Waals surface area contributed by atoms with Gasteiger partial charge >= 0.3 is 0 Å². The number of amides is 1. The van der Waals surface area contributed by atoms with Gasteiger partial charge in [0.15, 0.2) is 0 Å². The molecule has 1 N–H and O–H groups in total. The number of sulfonamides is 1. The molecule has 196 valence electrons. The van der Waals surface area contributed by atoms with Gasteiger partial charge in [-0.05, 0) is 25.0 Å². The zero-order valence-corrected chi connectivity index (χ0v) is 20.9. The summed E-state index contributed by atoms with van der Waals surface area (Å²) in [6.07, 6.45) is 7.83. The third-order valence-corrected chi connectivity index (χ3v) is 8.14. The average molecular weight is 530 g/mol. The van der Waals surface area contributed by atoms with Gasteiger partial charge in [0.1, 0.15) is 11.6 Å². The van der Waals surface area contributed by atoms with Crippen molar-refractivity contribution in [1.82, 2.24) is 29.3 Å². The quantitative estimate of drug-likeness (QED) is 0.224. The van der Waals surface area contributed by atoms with Gasteiger partial charge in [0, 0.05) is 68.5 Å². The van der Waals surface area contributed by atoms with E-state index >= 15 is 0 Å². The van der Waals surface area contributed by atoms with Crippen molar-refractivity contribution in [3.63, 3.8) is 0 Å². The van der Waals surface area contributed by atoms with E-state index in [1.807, 2.05) is 4.90 Å². The number of hydrogen-bond acceptors (Lipinski definition) is 9. The van der Waals surface area contributed by atoms with E-state index in [4.69, 9.17) is 0 Å². The lowest BCUT2D eigenvalue weighted by Gasteiger charge is -2.35. The van der Waals surface area contributed by atoms with Crippen LogP contribution in [0.5, 0.6) is 0 Å². The summed E-state index contributed by atoms with van der Waals surface area (Å²) in [7, 11) is -3.75. The van der Waals surface area contributed by atoms with E-state index in [2.05, 4.69) is 19.9 Å². The molecule has 3 heterocycles. The van der Waals surface area contributed by atoms with E-state index in [-0.39, 0.29) is 31.7 Å². The molecule has 1 aliphatic rings. The predicted molar refractivity (Wildman–Crippen MR) is 133 cm³/mol. The first-order valence-corrected chi connectivity index (χ1v) is 13.5. The Morgan fingerprint density at radius 2 is 1.70 bits per heavy atom. The molecular formula is C24H28FN7O4S. The molecule has 3 aromatic rings. The fraction of sp³-hybridized carbons (Fsp3) is 0.375. The van der Waals surface area contributed by atoms with Gasteiger partial charge in [0.2, 0.25) is 22.4 Å². The van der Waals surface area contributed by atoms with E-state index in [0.717, 1.165) is 0 Å². The second-order valence-corrected chi connectivity index (χ2v) is 10.6. The van der Waals surface area contributed by atoms with Crippen molar-refractivity contribution in [2.75, 3.05) is 36.8 Å². The Bertz CT molecular complexity index is 1270. The van der Waals surface area contributed by atoms with E-state index in [9.17, 15) is 22.8 Å². The Hall–Kier alpha value is -3.55. The van der Waals surface area contributed by atoms with Gasteiger partial charge in [-0.3, -0.25) is 10.0 Å². The van der Waals surface area contributed by atoms with Crippen molar-refractivity contribution in [3.05, 3.63) is 66.8 Å². The fourth-order valence-corrected chi connectivity index (χ4v) is 5.90. The number of rotatable bonds is 11. The molecule has 37 heavy (non-hydrogen) atoms. The highest BCUT2D eigenvalue weighted by Crippen LogP contribution is 2.23. The maximum atomic E-state index is 14.0. The van der Waals surface area contributed by atoms with Crippen LogP contribution in [-0.4, -0.2) is 87.3 Å². The molecule has 1 amide bonds. The van der Waals surface area contributed by atoms with Crippen LogP contribution in [0.25, 0.3) is 11.1 Å². The molecule has 1 saturated heterocycles. The molecule has 0 aliphatic carbocycles. The highest BCUT2D eigenvalue weighted by molar-refractivity contribution is 7.89. The Kier molecular flexibility index (Phi) is 8.69. The molecule has 0 spiro atoms. The normalized spacial score (nSPS) is 15.4. The third kappa shape index (κ3) is 6.81. The van der Waals surface area contributed by atoms with Crippen LogP contribution in [0, 0.1) is 5.82 Å². The summed E-state index contributed by atoms with van der Waals surface area (Å²) in [6.45, 7) is 1.14. The van der Waals surface area contributed by atoms with Crippen molar-refractivity contribution >= 4 is 22.4 Å². The van der Waals surface area contributed by atoms with Gasteiger partial charge in [-0.25, -0.2) is 37.8 Å². The van der Waals surface area contributed by atoms with Gasteiger partial charge in [-0.1, -0.05) is 18.2 Å². The average Bonchev–Trinajstić information content (AvgIpc) is 2.93. The van der Waals surface area contributed by atoms with Crippen molar-refractivity contribution in [2.45, 2.75) is 25.3 Å². The molecule has 11 nitrogen and oxygen atoms in total. The minimum absolute atomic E-state index is 0.206. The van der Waals surface area contributed by atoms with E-state index in [1.165, 1.54) is 10.4 Å². The third-order valence-electron chi connectivity index (χ3n) is 6.18. The monoisotopic (exact) mass is 529 g/mol. The summed E-state index contributed by atoms with van der Waals surface area (Å²) in [5.74, 6) is 0.284. The molecule has 0 radical (unpaired) electrons. The van der Waals surface area contributed by atoms with E-state index in [0.29, 0.717) is 53.9 Å². The molecule has 0 bridgehead atoms.